The Kier molecular flexibility index (Phi) is 6.49. The normalized spacial score (nSPS) is 10.9. The molecule has 1 aromatic carbocycles. The zero-order valence-corrected chi connectivity index (χ0v) is 12.7. The lowest BCUT2D eigenvalue weighted by molar-refractivity contribution is -0.121. The van der Waals surface area contributed by atoms with Crippen LogP contribution in [-0.4, -0.2) is 18.6 Å². The standard InChI is InChI=1S/C16H24FNO2/c1-11(2)9-16(19)18-8-7-13-5-6-15(14(17)10-13)20-12(3)4/h5-6,10-12H,7-9H2,1-4H3,(H,18,19). The maximum Gasteiger partial charge on any atom is 0.220 e. The highest BCUT2D eigenvalue weighted by molar-refractivity contribution is 5.76. The first-order chi connectivity index (χ1) is 9.38. The summed E-state index contributed by atoms with van der Waals surface area (Å²) in [5.74, 6) is 0.303. The molecule has 1 N–H and O–H groups in total. The van der Waals surface area contributed by atoms with Crippen LogP contribution in [0.2, 0.25) is 0 Å². The van der Waals surface area contributed by atoms with Gasteiger partial charge in [-0.25, -0.2) is 4.39 Å². The van der Waals surface area contributed by atoms with Gasteiger partial charge >= 0.3 is 0 Å². The van der Waals surface area contributed by atoms with Gasteiger partial charge in [-0.3, -0.25) is 4.79 Å². The molecule has 0 saturated carbocycles. The molecule has 112 valence electrons. The molecular formula is C16H24FNO2. The van der Waals surface area contributed by atoms with Crippen molar-refractivity contribution in [2.75, 3.05) is 6.54 Å². The van der Waals surface area contributed by atoms with Crippen molar-refractivity contribution >= 4 is 5.91 Å². The Morgan fingerprint density at radius 1 is 1.30 bits per heavy atom. The summed E-state index contributed by atoms with van der Waals surface area (Å²) in [4.78, 5) is 11.5. The zero-order valence-electron chi connectivity index (χ0n) is 12.7. The molecule has 1 amide bonds. The van der Waals surface area contributed by atoms with Crippen LogP contribution in [0.25, 0.3) is 0 Å². The number of ether oxygens (including phenoxy) is 1. The number of hydrogen-bond acceptors (Lipinski definition) is 2. The van der Waals surface area contributed by atoms with Crippen LogP contribution in [0.1, 0.15) is 39.7 Å². The van der Waals surface area contributed by atoms with E-state index in [1.54, 1.807) is 6.07 Å². The van der Waals surface area contributed by atoms with Gasteiger partial charge < -0.3 is 10.1 Å². The van der Waals surface area contributed by atoms with E-state index in [4.69, 9.17) is 4.74 Å². The van der Waals surface area contributed by atoms with Crippen molar-refractivity contribution < 1.29 is 13.9 Å². The van der Waals surface area contributed by atoms with E-state index in [1.165, 1.54) is 6.07 Å². The van der Waals surface area contributed by atoms with E-state index in [9.17, 15) is 9.18 Å². The van der Waals surface area contributed by atoms with Crippen molar-refractivity contribution in [1.82, 2.24) is 5.32 Å². The number of carbonyl (C=O) groups is 1. The predicted molar refractivity (Wildman–Crippen MR) is 78.3 cm³/mol. The lowest BCUT2D eigenvalue weighted by Crippen LogP contribution is -2.26. The molecular weight excluding hydrogens is 257 g/mol. The molecule has 0 spiro atoms. The number of halogens is 1. The van der Waals surface area contributed by atoms with Crippen molar-refractivity contribution in [2.45, 2.75) is 46.6 Å². The van der Waals surface area contributed by atoms with Crippen LogP contribution in [0.15, 0.2) is 18.2 Å². The number of benzene rings is 1. The topological polar surface area (TPSA) is 38.3 Å². The highest BCUT2D eigenvalue weighted by Gasteiger charge is 2.07. The minimum Gasteiger partial charge on any atom is -0.488 e. The van der Waals surface area contributed by atoms with Crippen molar-refractivity contribution in [2.24, 2.45) is 5.92 Å². The summed E-state index contributed by atoms with van der Waals surface area (Å²) >= 11 is 0. The summed E-state index contributed by atoms with van der Waals surface area (Å²) in [6.45, 7) is 8.25. The quantitative estimate of drug-likeness (QED) is 0.832. The van der Waals surface area contributed by atoms with Gasteiger partial charge in [-0.15, -0.1) is 0 Å². The van der Waals surface area contributed by atoms with Gasteiger partial charge in [-0.05, 0) is 43.9 Å². The van der Waals surface area contributed by atoms with Gasteiger partial charge in [0.05, 0.1) is 6.10 Å². The molecule has 1 aromatic rings. The average molecular weight is 281 g/mol. The van der Waals surface area contributed by atoms with Crippen LogP contribution in [0.4, 0.5) is 4.39 Å². The van der Waals surface area contributed by atoms with Crippen LogP contribution in [0, 0.1) is 11.7 Å². The Balaban J connectivity index is 2.45. The van der Waals surface area contributed by atoms with E-state index in [0.717, 1.165) is 5.56 Å². The van der Waals surface area contributed by atoms with Crippen LogP contribution >= 0.6 is 0 Å². The van der Waals surface area contributed by atoms with E-state index in [-0.39, 0.29) is 23.6 Å². The summed E-state index contributed by atoms with van der Waals surface area (Å²) in [5, 5.41) is 2.84. The smallest absolute Gasteiger partial charge is 0.220 e. The number of carbonyl (C=O) groups excluding carboxylic acids is 1. The largest absolute Gasteiger partial charge is 0.488 e. The molecule has 0 aromatic heterocycles. The Bertz CT molecular complexity index is 444. The number of amides is 1. The minimum atomic E-state index is -0.357. The van der Waals surface area contributed by atoms with Crippen molar-refractivity contribution in [3.8, 4) is 5.75 Å². The molecule has 0 atom stereocenters. The number of nitrogens with one attached hydrogen (secondary N) is 1. The lowest BCUT2D eigenvalue weighted by Gasteiger charge is -2.12. The Morgan fingerprint density at radius 2 is 2.00 bits per heavy atom. The van der Waals surface area contributed by atoms with Gasteiger partial charge in [-0.1, -0.05) is 19.9 Å². The van der Waals surface area contributed by atoms with Gasteiger partial charge in [0.25, 0.3) is 0 Å². The van der Waals surface area contributed by atoms with E-state index in [0.29, 0.717) is 25.3 Å². The summed E-state index contributed by atoms with van der Waals surface area (Å²) in [7, 11) is 0. The molecule has 0 heterocycles. The van der Waals surface area contributed by atoms with E-state index in [2.05, 4.69) is 5.32 Å². The van der Waals surface area contributed by atoms with Crippen LogP contribution in [0.5, 0.6) is 5.75 Å². The first kappa shape index (κ1) is 16.5. The molecule has 0 unspecified atom stereocenters. The summed E-state index contributed by atoms with van der Waals surface area (Å²) in [5.41, 5.74) is 0.850. The molecule has 20 heavy (non-hydrogen) atoms. The molecule has 1 rings (SSSR count). The molecule has 3 nitrogen and oxygen atoms in total. The highest BCUT2D eigenvalue weighted by Crippen LogP contribution is 2.19. The molecule has 0 bridgehead atoms. The lowest BCUT2D eigenvalue weighted by atomic mass is 10.1. The fourth-order valence-corrected chi connectivity index (χ4v) is 1.84. The number of hydrogen-bond donors (Lipinski definition) is 1. The molecule has 0 aliphatic heterocycles. The SMILES string of the molecule is CC(C)CC(=O)NCCc1ccc(OC(C)C)c(F)c1. The van der Waals surface area contributed by atoms with E-state index in [1.807, 2.05) is 33.8 Å². The van der Waals surface area contributed by atoms with Gasteiger partial charge in [0.1, 0.15) is 0 Å². The summed E-state index contributed by atoms with van der Waals surface area (Å²) < 4.78 is 19.1. The predicted octanol–water partition coefficient (Wildman–Crippen LogP) is 3.32. The third-order valence-electron chi connectivity index (χ3n) is 2.69. The average Bonchev–Trinajstić information content (AvgIpc) is 2.31. The third-order valence-corrected chi connectivity index (χ3v) is 2.69. The Labute approximate surface area is 120 Å². The van der Waals surface area contributed by atoms with Gasteiger partial charge in [0.2, 0.25) is 5.91 Å². The summed E-state index contributed by atoms with van der Waals surface area (Å²) in [6.07, 6.45) is 1.09. The fraction of sp³-hybridized carbons (Fsp3) is 0.562. The first-order valence-corrected chi connectivity index (χ1v) is 7.10. The van der Waals surface area contributed by atoms with Gasteiger partial charge in [-0.2, -0.15) is 0 Å². The van der Waals surface area contributed by atoms with Crippen molar-refractivity contribution in [3.63, 3.8) is 0 Å². The molecule has 0 aliphatic rings. The van der Waals surface area contributed by atoms with E-state index >= 15 is 0 Å². The van der Waals surface area contributed by atoms with Gasteiger partial charge in [0, 0.05) is 13.0 Å². The van der Waals surface area contributed by atoms with Crippen molar-refractivity contribution in [3.05, 3.63) is 29.6 Å². The Hall–Kier alpha value is -1.58. The summed E-state index contributed by atoms with van der Waals surface area (Å²) in [6, 6.07) is 4.93. The monoisotopic (exact) mass is 281 g/mol. The third kappa shape index (κ3) is 6.04. The number of rotatable bonds is 7. The van der Waals surface area contributed by atoms with Crippen molar-refractivity contribution in [1.29, 1.82) is 0 Å². The maximum absolute atomic E-state index is 13.8. The van der Waals surface area contributed by atoms with Crippen LogP contribution in [0.3, 0.4) is 0 Å². The van der Waals surface area contributed by atoms with Crippen LogP contribution < -0.4 is 10.1 Å². The molecule has 0 radical (unpaired) electrons. The Morgan fingerprint density at radius 3 is 2.55 bits per heavy atom. The zero-order chi connectivity index (χ0) is 15.1. The minimum absolute atomic E-state index is 0.0419. The highest BCUT2D eigenvalue weighted by atomic mass is 19.1. The molecule has 0 saturated heterocycles. The fourth-order valence-electron chi connectivity index (χ4n) is 1.84. The molecule has 4 heteroatoms. The molecule has 0 aliphatic carbocycles. The second-order valence-electron chi connectivity index (χ2n) is 5.63. The van der Waals surface area contributed by atoms with Gasteiger partial charge in [0.15, 0.2) is 11.6 Å². The van der Waals surface area contributed by atoms with E-state index < -0.39 is 0 Å². The van der Waals surface area contributed by atoms with Crippen LogP contribution in [-0.2, 0) is 11.2 Å². The second-order valence-corrected chi connectivity index (χ2v) is 5.63. The maximum atomic E-state index is 13.8. The molecule has 0 fully saturated rings. The first-order valence-electron chi connectivity index (χ1n) is 7.10. The second kappa shape index (κ2) is 7.88.